The average Bonchev–Trinajstić information content (AvgIpc) is 2.13. The monoisotopic (exact) mass is 202 g/mol. The summed E-state index contributed by atoms with van der Waals surface area (Å²) in [7, 11) is 1.42. The van der Waals surface area contributed by atoms with Crippen molar-refractivity contribution in [2.45, 2.75) is 52.0 Å². The molecule has 1 atom stereocenters. The molecule has 0 aliphatic rings. The molecule has 0 unspecified atom stereocenters. The molecule has 2 amide bonds. The van der Waals surface area contributed by atoms with E-state index < -0.39 is 0 Å². The molecular formula is C10H22N2O2. The van der Waals surface area contributed by atoms with Crippen molar-refractivity contribution in [2.75, 3.05) is 7.11 Å². The van der Waals surface area contributed by atoms with Crippen LogP contribution in [0.4, 0.5) is 4.79 Å². The van der Waals surface area contributed by atoms with Gasteiger partial charge in [0.15, 0.2) is 0 Å². The Morgan fingerprint density at radius 2 is 2.07 bits per heavy atom. The van der Waals surface area contributed by atoms with Crippen LogP contribution < -0.4 is 10.8 Å². The van der Waals surface area contributed by atoms with Gasteiger partial charge < -0.3 is 5.32 Å². The molecule has 0 rings (SSSR count). The standard InChI is InChI=1S/C10H22N2O2/c1-4-5-6-7-8-9(2)11-10(13)12-14-3/h9H,4-8H2,1-3H3,(H2,11,12,13)/t9-/m0/s1. The Bertz CT molecular complexity index is 151. The number of rotatable bonds is 7. The number of unbranched alkanes of at least 4 members (excludes halogenated alkanes) is 3. The van der Waals surface area contributed by atoms with Gasteiger partial charge in [0.05, 0.1) is 7.11 Å². The Morgan fingerprint density at radius 1 is 1.36 bits per heavy atom. The number of amides is 2. The number of hydroxylamine groups is 1. The second-order valence-electron chi connectivity index (χ2n) is 3.53. The van der Waals surface area contributed by atoms with Gasteiger partial charge in [-0.1, -0.05) is 32.6 Å². The number of hydrogen-bond donors (Lipinski definition) is 2. The third-order valence-electron chi connectivity index (χ3n) is 2.06. The molecule has 0 aromatic heterocycles. The van der Waals surface area contributed by atoms with Gasteiger partial charge in [-0.2, -0.15) is 0 Å². The Kier molecular flexibility index (Phi) is 8.33. The van der Waals surface area contributed by atoms with Gasteiger partial charge in [0, 0.05) is 6.04 Å². The van der Waals surface area contributed by atoms with Crippen molar-refractivity contribution in [1.29, 1.82) is 0 Å². The maximum atomic E-state index is 11.0. The summed E-state index contributed by atoms with van der Waals surface area (Å²) < 4.78 is 0. The van der Waals surface area contributed by atoms with Crippen molar-refractivity contribution in [1.82, 2.24) is 10.8 Å². The van der Waals surface area contributed by atoms with E-state index in [2.05, 4.69) is 22.6 Å². The Labute approximate surface area is 86.4 Å². The normalized spacial score (nSPS) is 12.2. The second-order valence-corrected chi connectivity index (χ2v) is 3.53. The summed E-state index contributed by atoms with van der Waals surface area (Å²) in [5.74, 6) is 0. The van der Waals surface area contributed by atoms with Crippen molar-refractivity contribution >= 4 is 6.03 Å². The van der Waals surface area contributed by atoms with Crippen LogP contribution in [0.25, 0.3) is 0 Å². The van der Waals surface area contributed by atoms with E-state index in [1.54, 1.807) is 0 Å². The second kappa shape index (κ2) is 8.81. The van der Waals surface area contributed by atoms with E-state index >= 15 is 0 Å². The zero-order chi connectivity index (χ0) is 10.8. The fourth-order valence-corrected chi connectivity index (χ4v) is 1.30. The van der Waals surface area contributed by atoms with E-state index in [9.17, 15) is 4.79 Å². The summed E-state index contributed by atoms with van der Waals surface area (Å²) in [6, 6.07) is -0.0579. The highest BCUT2D eigenvalue weighted by molar-refractivity contribution is 5.72. The van der Waals surface area contributed by atoms with Gasteiger partial charge in [0.25, 0.3) is 0 Å². The molecule has 0 radical (unpaired) electrons. The van der Waals surface area contributed by atoms with Gasteiger partial charge in [-0.15, -0.1) is 0 Å². The highest BCUT2D eigenvalue weighted by Gasteiger charge is 2.05. The van der Waals surface area contributed by atoms with Crippen LogP contribution in [0, 0.1) is 0 Å². The first-order valence-electron chi connectivity index (χ1n) is 5.30. The Hall–Kier alpha value is -0.770. The van der Waals surface area contributed by atoms with Crippen LogP contribution in [0.5, 0.6) is 0 Å². The lowest BCUT2D eigenvalue weighted by molar-refractivity contribution is 0.106. The van der Waals surface area contributed by atoms with Crippen LogP contribution in [-0.2, 0) is 4.84 Å². The number of nitrogens with one attached hydrogen (secondary N) is 2. The van der Waals surface area contributed by atoms with Gasteiger partial charge in [0.1, 0.15) is 0 Å². The van der Waals surface area contributed by atoms with E-state index in [0.29, 0.717) is 0 Å². The molecule has 84 valence electrons. The predicted molar refractivity (Wildman–Crippen MR) is 56.9 cm³/mol. The topological polar surface area (TPSA) is 50.4 Å². The molecule has 0 aliphatic heterocycles. The number of carbonyl (C=O) groups is 1. The molecule has 0 saturated carbocycles. The van der Waals surface area contributed by atoms with Gasteiger partial charge in [-0.3, -0.25) is 4.84 Å². The lowest BCUT2D eigenvalue weighted by atomic mass is 10.1. The summed E-state index contributed by atoms with van der Waals surface area (Å²) >= 11 is 0. The Morgan fingerprint density at radius 3 is 2.64 bits per heavy atom. The molecule has 0 fully saturated rings. The molecule has 0 aromatic rings. The van der Waals surface area contributed by atoms with Gasteiger partial charge in [-0.25, -0.2) is 10.3 Å². The highest BCUT2D eigenvalue weighted by atomic mass is 16.6. The molecule has 0 spiro atoms. The van der Waals surface area contributed by atoms with Gasteiger partial charge >= 0.3 is 6.03 Å². The maximum Gasteiger partial charge on any atom is 0.338 e. The first-order valence-corrected chi connectivity index (χ1v) is 5.30. The van der Waals surface area contributed by atoms with Crippen LogP contribution in [0.1, 0.15) is 46.0 Å². The first kappa shape index (κ1) is 13.2. The molecule has 0 bridgehead atoms. The van der Waals surface area contributed by atoms with Gasteiger partial charge in [0.2, 0.25) is 0 Å². The summed E-state index contributed by atoms with van der Waals surface area (Å²) in [4.78, 5) is 15.5. The molecule has 0 aromatic carbocycles. The van der Waals surface area contributed by atoms with Crippen molar-refractivity contribution in [2.24, 2.45) is 0 Å². The molecule has 0 saturated heterocycles. The van der Waals surface area contributed by atoms with Crippen LogP contribution in [0.15, 0.2) is 0 Å². The number of urea groups is 1. The molecule has 0 heterocycles. The van der Waals surface area contributed by atoms with Crippen LogP contribution in [0.3, 0.4) is 0 Å². The summed E-state index contributed by atoms with van der Waals surface area (Å²) in [6.45, 7) is 4.19. The van der Waals surface area contributed by atoms with E-state index in [1.165, 1.54) is 32.8 Å². The minimum absolute atomic E-state index is 0.210. The fourth-order valence-electron chi connectivity index (χ4n) is 1.30. The van der Waals surface area contributed by atoms with Crippen molar-refractivity contribution < 1.29 is 9.63 Å². The smallest absolute Gasteiger partial charge is 0.334 e. The van der Waals surface area contributed by atoms with E-state index in [4.69, 9.17) is 0 Å². The number of carbonyl (C=O) groups excluding carboxylic acids is 1. The van der Waals surface area contributed by atoms with Crippen LogP contribution in [0.2, 0.25) is 0 Å². The highest BCUT2D eigenvalue weighted by Crippen LogP contribution is 2.04. The SMILES string of the molecule is CCCCCC[C@H](C)NC(=O)NOC. The molecule has 4 nitrogen and oxygen atoms in total. The molecule has 14 heavy (non-hydrogen) atoms. The Balaban J connectivity index is 3.35. The van der Waals surface area contributed by atoms with Crippen LogP contribution >= 0.6 is 0 Å². The molecular weight excluding hydrogens is 180 g/mol. The zero-order valence-electron chi connectivity index (χ0n) is 9.43. The minimum atomic E-state index is -0.268. The van der Waals surface area contributed by atoms with Gasteiger partial charge in [-0.05, 0) is 13.3 Å². The minimum Gasteiger partial charge on any atom is -0.334 e. The first-order chi connectivity index (χ1) is 6.70. The lowest BCUT2D eigenvalue weighted by Crippen LogP contribution is -2.40. The van der Waals surface area contributed by atoms with Crippen molar-refractivity contribution in [3.05, 3.63) is 0 Å². The summed E-state index contributed by atoms with van der Waals surface area (Å²) in [5.41, 5.74) is 2.23. The lowest BCUT2D eigenvalue weighted by Gasteiger charge is -2.13. The molecule has 0 aliphatic carbocycles. The predicted octanol–water partition coefficient (Wildman–Crippen LogP) is 2.21. The third kappa shape index (κ3) is 7.86. The molecule has 2 N–H and O–H groups in total. The number of hydrogen-bond acceptors (Lipinski definition) is 2. The average molecular weight is 202 g/mol. The van der Waals surface area contributed by atoms with E-state index in [-0.39, 0.29) is 12.1 Å². The molecule has 4 heteroatoms. The van der Waals surface area contributed by atoms with E-state index in [0.717, 1.165) is 6.42 Å². The zero-order valence-corrected chi connectivity index (χ0v) is 9.43. The summed E-state index contributed by atoms with van der Waals surface area (Å²) in [6.07, 6.45) is 5.96. The van der Waals surface area contributed by atoms with Crippen LogP contribution in [-0.4, -0.2) is 19.2 Å². The largest absolute Gasteiger partial charge is 0.338 e. The third-order valence-corrected chi connectivity index (χ3v) is 2.06. The van der Waals surface area contributed by atoms with E-state index in [1.807, 2.05) is 6.92 Å². The quantitative estimate of drug-likeness (QED) is 0.491. The fraction of sp³-hybridized carbons (Fsp3) is 0.900. The maximum absolute atomic E-state index is 11.0. The summed E-state index contributed by atoms with van der Waals surface area (Å²) in [5, 5.41) is 2.78. The van der Waals surface area contributed by atoms with Crippen molar-refractivity contribution in [3.63, 3.8) is 0 Å². The van der Waals surface area contributed by atoms with Crippen molar-refractivity contribution in [3.8, 4) is 0 Å².